The van der Waals surface area contributed by atoms with Crippen molar-refractivity contribution in [3.05, 3.63) is 100 Å². The van der Waals surface area contributed by atoms with Crippen molar-refractivity contribution in [3.63, 3.8) is 0 Å². The van der Waals surface area contributed by atoms with Crippen LogP contribution in [0.4, 0.5) is 0 Å². The second-order valence-corrected chi connectivity index (χ2v) is 7.80. The van der Waals surface area contributed by atoms with E-state index in [2.05, 4.69) is 6.07 Å². The number of benzene rings is 3. The highest BCUT2D eigenvalue weighted by atomic mass is 16.5. The van der Waals surface area contributed by atoms with Gasteiger partial charge in [-0.25, -0.2) is 4.79 Å². The third-order valence-corrected chi connectivity index (χ3v) is 5.34. The number of hydrogen-bond donors (Lipinski definition) is 1. The smallest absolute Gasteiger partial charge is 0.343 e. The average molecular weight is 440 g/mol. The van der Waals surface area contributed by atoms with E-state index in [9.17, 15) is 10.1 Å². The number of carbonyl (C=O) groups is 1. The Bertz CT molecular complexity index is 1260. The lowest BCUT2D eigenvalue weighted by atomic mass is 9.83. The summed E-state index contributed by atoms with van der Waals surface area (Å²) in [6.07, 6.45) is 0.920. The second kappa shape index (κ2) is 9.49. The zero-order valence-corrected chi connectivity index (χ0v) is 18.5. The van der Waals surface area contributed by atoms with Gasteiger partial charge in [0.2, 0.25) is 5.88 Å². The number of carbonyl (C=O) groups excluding carboxylic acids is 1. The fourth-order valence-corrected chi connectivity index (χ4v) is 3.76. The van der Waals surface area contributed by atoms with Gasteiger partial charge in [-0.05, 0) is 49.2 Å². The molecule has 6 heteroatoms. The molecule has 0 spiro atoms. The van der Waals surface area contributed by atoms with Gasteiger partial charge in [0.05, 0.1) is 18.1 Å². The van der Waals surface area contributed by atoms with Crippen LogP contribution in [0.25, 0.3) is 0 Å². The summed E-state index contributed by atoms with van der Waals surface area (Å²) in [5.74, 6) is 0.702. The average Bonchev–Trinajstić information content (AvgIpc) is 2.82. The summed E-state index contributed by atoms with van der Waals surface area (Å²) in [5.41, 5.74) is 9.49. The summed E-state index contributed by atoms with van der Waals surface area (Å²) in [5, 5.41) is 9.75. The van der Waals surface area contributed by atoms with Gasteiger partial charge in [0.25, 0.3) is 0 Å². The van der Waals surface area contributed by atoms with Crippen LogP contribution in [0.3, 0.4) is 0 Å². The predicted octanol–water partition coefficient (Wildman–Crippen LogP) is 5.22. The molecule has 0 saturated heterocycles. The Morgan fingerprint density at radius 3 is 2.55 bits per heavy atom. The number of hydrogen-bond acceptors (Lipinski definition) is 6. The molecule has 6 nitrogen and oxygen atoms in total. The second-order valence-electron chi connectivity index (χ2n) is 7.80. The van der Waals surface area contributed by atoms with Gasteiger partial charge in [-0.1, -0.05) is 42.8 Å². The molecular formula is C27H24N2O4. The van der Waals surface area contributed by atoms with E-state index in [0.29, 0.717) is 29.2 Å². The number of rotatable bonds is 6. The summed E-state index contributed by atoms with van der Waals surface area (Å²) < 4.78 is 16.9. The van der Waals surface area contributed by atoms with Gasteiger partial charge in [0.1, 0.15) is 28.9 Å². The molecule has 1 aliphatic heterocycles. The topological polar surface area (TPSA) is 94.6 Å². The fourth-order valence-electron chi connectivity index (χ4n) is 3.76. The Labute approximate surface area is 192 Å². The summed E-state index contributed by atoms with van der Waals surface area (Å²) in [4.78, 5) is 12.5. The molecule has 1 heterocycles. The van der Waals surface area contributed by atoms with Crippen molar-refractivity contribution in [2.24, 2.45) is 5.73 Å². The molecule has 0 saturated carbocycles. The minimum atomic E-state index is -0.463. The molecule has 0 aliphatic carbocycles. The third-order valence-electron chi connectivity index (χ3n) is 5.34. The van der Waals surface area contributed by atoms with E-state index in [0.717, 1.165) is 28.9 Å². The SMILES string of the molecule is CCCOc1ccc(C2C(C#N)=C(N)Oc3cc(OC(=O)c4cccc(C)c4)ccc32)cc1. The van der Waals surface area contributed by atoms with Crippen LogP contribution in [0.2, 0.25) is 0 Å². The highest BCUT2D eigenvalue weighted by Crippen LogP contribution is 2.43. The van der Waals surface area contributed by atoms with Crippen LogP contribution in [-0.2, 0) is 0 Å². The molecule has 0 amide bonds. The van der Waals surface area contributed by atoms with Crippen molar-refractivity contribution in [2.45, 2.75) is 26.2 Å². The molecule has 1 atom stereocenters. The van der Waals surface area contributed by atoms with Gasteiger partial charge in [-0.3, -0.25) is 0 Å². The lowest BCUT2D eigenvalue weighted by Crippen LogP contribution is -2.21. The monoisotopic (exact) mass is 440 g/mol. The summed E-state index contributed by atoms with van der Waals surface area (Å²) in [7, 11) is 0. The molecular weight excluding hydrogens is 416 g/mol. The first-order valence-electron chi connectivity index (χ1n) is 10.7. The predicted molar refractivity (Wildman–Crippen MR) is 124 cm³/mol. The molecule has 0 aromatic heterocycles. The van der Waals surface area contributed by atoms with Crippen LogP contribution in [0.5, 0.6) is 17.2 Å². The van der Waals surface area contributed by atoms with Crippen LogP contribution in [-0.4, -0.2) is 12.6 Å². The van der Waals surface area contributed by atoms with Crippen LogP contribution in [0, 0.1) is 18.3 Å². The standard InChI is InChI=1S/C27H24N2O4/c1-3-13-31-20-9-7-18(8-10-20)25-22-12-11-21(15-24(22)33-26(29)23(25)16-28)32-27(30)19-6-4-5-17(2)14-19/h4-12,14-15,25H,3,13,29H2,1-2H3. The molecule has 2 N–H and O–H groups in total. The van der Waals surface area contributed by atoms with Crippen molar-refractivity contribution < 1.29 is 19.0 Å². The molecule has 1 unspecified atom stereocenters. The van der Waals surface area contributed by atoms with Crippen molar-refractivity contribution in [1.82, 2.24) is 0 Å². The molecule has 33 heavy (non-hydrogen) atoms. The lowest BCUT2D eigenvalue weighted by Gasteiger charge is -2.26. The van der Waals surface area contributed by atoms with Crippen LogP contribution in [0.1, 0.15) is 46.3 Å². The summed E-state index contributed by atoms with van der Waals surface area (Å²) >= 11 is 0. The van der Waals surface area contributed by atoms with E-state index >= 15 is 0 Å². The number of ether oxygens (including phenoxy) is 3. The number of aryl methyl sites for hydroxylation is 1. The first-order chi connectivity index (χ1) is 16.0. The van der Waals surface area contributed by atoms with Gasteiger partial charge in [0, 0.05) is 11.6 Å². The maximum atomic E-state index is 12.5. The molecule has 1 aliphatic rings. The first kappa shape index (κ1) is 22.0. The maximum Gasteiger partial charge on any atom is 0.343 e. The van der Waals surface area contributed by atoms with E-state index in [4.69, 9.17) is 19.9 Å². The van der Waals surface area contributed by atoms with E-state index in [1.165, 1.54) is 0 Å². The molecule has 3 aromatic carbocycles. The number of allylic oxidation sites excluding steroid dienone is 1. The normalized spacial score (nSPS) is 14.6. The molecule has 166 valence electrons. The van der Waals surface area contributed by atoms with Gasteiger partial charge < -0.3 is 19.9 Å². The minimum absolute atomic E-state index is 0.0310. The summed E-state index contributed by atoms with van der Waals surface area (Å²) in [6, 6.07) is 22.1. The summed E-state index contributed by atoms with van der Waals surface area (Å²) in [6.45, 7) is 4.60. The van der Waals surface area contributed by atoms with E-state index < -0.39 is 11.9 Å². The Balaban J connectivity index is 1.64. The van der Waals surface area contributed by atoms with Crippen LogP contribution >= 0.6 is 0 Å². The molecule has 3 aromatic rings. The number of esters is 1. The Morgan fingerprint density at radius 1 is 1.09 bits per heavy atom. The van der Waals surface area contributed by atoms with Crippen LogP contribution in [0.15, 0.2) is 78.2 Å². The number of fused-ring (bicyclic) bond motifs is 1. The van der Waals surface area contributed by atoms with Gasteiger partial charge in [0.15, 0.2) is 0 Å². The first-order valence-corrected chi connectivity index (χ1v) is 10.7. The van der Waals surface area contributed by atoms with Crippen LogP contribution < -0.4 is 19.9 Å². The van der Waals surface area contributed by atoms with E-state index in [1.807, 2.05) is 44.2 Å². The number of nitriles is 1. The van der Waals surface area contributed by atoms with E-state index in [-0.39, 0.29) is 5.88 Å². The lowest BCUT2D eigenvalue weighted by molar-refractivity contribution is 0.0734. The van der Waals surface area contributed by atoms with Crippen molar-refractivity contribution in [1.29, 1.82) is 5.26 Å². The third kappa shape index (κ3) is 4.68. The fraction of sp³-hybridized carbons (Fsp3) is 0.185. The Kier molecular flexibility index (Phi) is 6.32. The quantitative estimate of drug-likeness (QED) is 0.417. The number of nitrogens with two attached hydrogens (primary N) is 1. The largest absolute Gasteiger partial charge is 0.494 e. The zero-order valence-electron chi connectivity index (χ0n) is 18.5. The van der Waals surface area contributed by atoms with E-state index in [1.54, 1.807) is 36.4 Å². The van der Waals surface area contributed by atoms with Crippen molar-refractivity contribution in [3.8, 4) is 23.3 Å². The minimum Gasteiger partial charge on any atom is -0.494 e. The Hall–Kier alpha value is -4.24. The Morgan fingerprint density at radius 2 is 1.85 bits per heavy atom. The van der Waals surface area contributed by atoms with Gasteiger partial charge in [-0.2, -0.15) is 5.26 Å². The highest BCUT2D eigenvalue weighted by Gasteiger charge is 2.31. The van der Waals surface area contributed by atoms with Crippen molar-refractivity contribution >= 4 is 5.97 Å². The zero-order chi connectivity index (χ0) is 23.4. The number of nitrogens with zero attached hydrogens (tertiary/aromatic N) is 1. The highest BCUT2D eigenvalue weighted by molar-refractivity contribution is 5.91. The molecule has 0 radical (unpaired) electrons. The molecule has 0 bridgehead atoms. The molecule has 4 rings (SSSR count). The molecule has 0 fully saturated rings. The maximum absolute atomic E-state index is 12.5. The van der Waals surface area contributed by atoms with Gasteiger partial charge >= 0.3 is 5.97 Å². The van der Waals surface area contributed by atoms with Gasteiger partial charge in [-0.15, -0.1) is 0 Å². The van der Waals surface area contributed by atoms with Crippen molar-refractivity contribution in [2.75, 3.05) is 6.61 Å².